The van der Waals surface area contributed by atoms with Gasteiger partial charge in [-0.15, -0.1) is 11.3 Å². The molecule has 4 nitrogen and oxygen atoms in total. The fourth-order valence-electron chi connectivity index (χ4n) is 4.93. The van der Waals surface area contributed by atoms with Crippen LogP contribution in [0.1, 0.15) is 63.5 Å². The number of hydrogen-bond acceptors (Lipinski definition) is 5. The first kappa shape index (κ1) is 21.8. The number of aromatic nitrogens is 1. The Bertz CT molecular complexity index is 824. The number of fused-ring (bicyclic) bond motifs is 1. The van der Waals surface area contributed by atoms with E-state index in [-0.39, 0.29) is 5.41 Å². The third-order valence-corrected chi connectivity index (χ3v) is 7.80. The van der Waals surface area contributed by atoms with Crippen LogP contribution in [-0.2, 0) is 11.8 Å². The minimum Gasteiger partial charge on any atom is -0.396 e. The molecular weight excluding hydrogens is 390 g/mol. The van der Waals surface area contributed by atoms with Crippen LogP contribution in [0.3, 0.4) is 0 Å². The van der Waals surface area contributed by atoms with Gasteiger partial charge in [-0.05, 0) is 67.7 Å². The molecule has 164 valence electrons. The number of thiazole rings is 1. The van der Waals surface area contributed by atoms with Crippen molar-refractivity contribution in [2.24, 2.45) is 0 Å². The molecule has 5 heteroatoms. The van der Waals surface area contributed by atoms with Crippen molar-refractivity contribution < 1.29 is 5.11 Å². The number of rotatable bonds is 7. The minimum atomic E-state index is 0.258. The summed E-state index contributed by atoms with van der Waals surface area (Å²) in [5.41, 5.74) is 5.72. The molecule has 0 unspecified atom stereocenters. The van der Waals surface area contributed by atoms with E-state index in [9.17, 15) is 0 Å². The van der Waals surface area contributed by atoms with E-state index in [2.05, 4.69) is 47.2 Å². The molecule has 30 heavy (non-hydrogen) atoms. The van der Waals surface area contributed by atoms with Gasteiger partial charge in [0.25, 0.3) is 0 Å². The zero-order valence-electron chi connectivity index (χ0n) is 18.7. The van der Waals surface area contributed by atoms with Crippen LogP contribution in [0.5, 0.6) is 0 Å². The van der Waals surface area contributed by atoms with E-state index in [0.29, 0.717) is 6.61 Å². The summed E-state index contributed by atoms with van der Waals surface area (Å²) in [4.78, 5) is 10.0. The SMILES string of the molecule is CC1(C)CCCCc2ccc(-c3csc(N4CCN(CCCCCO)CC4)n3)cc21. The third kappa shape index (κ3) is 5.06. The topological polar surface area (TPSA) is 39.6 Å². The molecule has 0 amide bonds. The maximum absolute atomic E-state index is 8.92. The molecule has 1 aliphatic heterocycles. The van der Waals surface area contributed by atoms with Crippen molar-refractivity contribution in [3.63, 3.8) is 0 Å². The van der Waals surface area contributed by atoms with Crippen molar-refractivity contribution in [1.29, 1.82) is 0 Å². The van der Waals surface area contributed by atoms with E-state index in [1.807, 2.05) is 0 Å². The molecule has 1 saturated heterocycles. The first-order valence-electron chi connectivity index (χ1n) is 11.7. The van der Waals surface area contributed by atoms with Gasteiger partial charge in [0.2, 0.25) is 0 Å². The molecule has 4 rings (SSSR count). The van der Waals surface area contributed by atoms with Crippen LogP contribution in [0.4, 0.5) is 5.13 Å². The van der Waals surface area contributed by atoms with Crippen molar-refractivity contribution in [2.45, 2.75) is 64.2 Å². The van der Waals surface area contributed by atoms with Crippen molar-refractivity contribution in [3.8, 4) is 11.3 Å². The maximum Gasteiger partial charge on any atom is 0.185 e. The average Bonchev–Trinajstić information content (AvgIpc) is 3.19. The van der Waals surface area contributed by atoms with Gasteiger partial charge in [0.1, 0.15) is 0 Å². The number of aliphatic hydroxyl groups is 1. The monoisotopic (exact) mass is 427 g/mol. The Kier molecular flexibility index (Phi) is 7.12. The van der Waals surface area contributed by atoms with Crippen molar-refractivity contribution in [3.05, 3.63) is 34.7 Å². The highest BCUT2D eigenvalue weighted by Gasteiger charge is 2.26. The van der Waals surface area contributed by atoms with Crippen LogP contribution in [0, 0.1) is 0 Å². The van der Waals surface area contributed by atoms with E-state index in [1.165, 1.54) is 53.9 Å². The quantitative estimate of drug-likeness (QED) is 0.493. The van der Waals surface area contributed by atoms with Gasteiger partial charge in [0.15, 0.2) is 5.13 Å². The predicted octanol–water partition coefficient (Wildman–Crippen LogP) is 5.10. The maximum atomic E-state index is 8.92. The van der Waals surface area contributed by atoms with Crippen LogP contribution < -0.4 is 4.90 Å². The highest BCUT2D eigenvalue weighted by atomic mass is 32.1. The highest BCUT2D eigenvalue weighted by Crippen LogP contribution is 2.38. The molecule has 1 aromatic heterocycles. The Labute approximate surface area is 185 Å². The second-order valence-electron chi connectivity index (χ2n) is 9.59. The molecule has 1 N–H and O–H groups in total. The van der Waals surface area contributed by atoms with Crippen LogP contribution >= 0.6 is 11.3 Å². The molecule has 2 aromatic rings. The summed E-state index contributed by atoms with van der Waals surface area (Å²) >= 11 is 1.79. The lowest BCUT2D eigenvalue weighted by atomic mass is 9.79. The van der Waals surface area contributed by atoms with Gasteiger partial charge < -0.3 is 10.0 Å². The Balaban J connectivity index is 1.40. The number of benzene rings is 1. The molecule has 2 heterocycles. The molecule has 0 atom stereocenters. The first-order valence-corrected chi connectivity index (χ1v) is 12.6. The van der Waals surface area contributed by atoms with Crippen LogP contribution in [-0.4, -0.2) is 54.3 Å². The summed E-state index contributed by atoms with van der Waals surface area (Å²) < 4.78 is 0. The number of aliphatic hydroxyl groups excluding tert-OH is 1. The number of unbranched alkanes of at least 4 members (excludes halogenated alkanes) is 2. The fraction of sp³-hybridized carbons (Fsp3) is 0.640. The predicted molar refractivity (Wildman–Crippen MR) is 128 cm³/mol. The lowest BCUT2D eigenvalue weighted by molar-refractivity contribution is 0.242. The summed E-state index contributed by atoms with van der Waals surface area (Å²) in [5.74, 6) is 0. The summed E-state index contributed by atoms with van der Waals surface area (Å²) in [7, 11) is 0. The van der Waals surface area contributed by atoms with E-state index < -0.39 is 0 Å². The van der Waals surface area contributed by atoms with Gasteiger partial charge in [-0.25, -0.2) is 4.98 Å². The van der Waals surface area contributed by atoms with E-state index in [4.69, 9.17) is 10.1 Å². The Morgan fingerprint density at radius 3 is 2.70 bits per heavy atom. The second-order valence-corrected chi connectivity index (χ2v) is 10.4. The van der Waals surface area contributed by atoms with E-state index in [0.717, 1.165) is 51.3 Å². The van der Waals surface area contributed by atoms with Crippen LogP contribution in [0.2, 0.25) is 0 Å². The first-order chi connectivity index (χ1) is 14.6. The fourth-order valence-corrected chi connectivity index (χ4v) is 5.82. The standard InChI is InChI=1S/C25H37N3OS/c1-25(2)11-5-4-8-20-9-10-21(18-22(20)25)23-19-30-24(26-23)28-15-13-27(14-16-28)12-6-3-7-17-29/h9-10,18-19,29H,3-8,11-17H2,1-2H3. The van der Waals surface area contributed by atoms with Crippen molar-refractivity contribution >= 4 is 16.5 Å². The van der Waals surface area contributed by atoms with Gasteiger partial charge in [-0.2, -0.15) is 0 Å². The van der Waals surface area contributed by atoms with Gasteiger partial charge in [0, 0.05) is 43.7 Å². The summed E-state index contributed by atoms with van der Waals surface area (Å²) in [5, 5.41) is 12.3. The Morgan fingerprint density at radius 2 is 1.90 bits per heavy atom. The highest BCUT2D eigenvalue weighted by molar-refractivity contribution is 7.14. The molecular formula is C25H37N3OS. The smallest absolute Gasteiger partial charge is 0.185 e. The lowest BCUT2D eigenvalue weighted by Crippen LogP contribution is -2.46. The largest absolute Gasteiger partial charge is 0.396 e. The normalized spacial score (nSPS) is 19.5. The van der Waals surface area contributed by atoms with Gasteiger partial charge in [-0.3, -0.25) is 4.90 Å². The molecule has 0 bridgehead atoms. The number of aryl methyl sites for hydroxylation is 1. The summed E-state index contributed by atoms with van der Waals surface area (Å²) in [6, 6.07) is 7.06. The molecule has 0 spiro atoms. The molecule has 1 aromatic carbocycles. The van der Waals surface area contributed by atoms with Gasteiger partial charge in [0.05, 0.1) is 5.69 Å². The van der Waals surface area contributed by atoms with Crippen molar-refractivity contribution in [2.75, 3.05) is 44.2 Å². The number of hydrogen-bond donors (Lipinski definition) is 1. The molecule has 0 saturated carbocycles. The van der Waals surface area contributed by atoms with E-state index >= 15 is 0 Å². The summed E-state index contributed by atoms with van der Waals surface area (Å²) in [6.07, 6.45) is 8.37. The Hall–Kier alpha value is -1.43. The molecule has 2 aliphatic rings. The lowest BCUT2D eigenvalue weighted by Gasteiger charge is -2.34. The zero-order chi connectivity index (χ0) is 21.0. The summed E-state index contributed by atoms with van der Waals surface area (Å²) in [6.45, 7) is 10.6. The number of piperazine rings is 1. The van der Waals surface area contributed by atoms with E-state index in [1.54, 1.807) is 11.3 Å². The van der Waals surface area contributed by atoms with Crippen molar-refractivity contribution in [1.82, 2.24) is 9.88 Å². The molecule has 1 aliphatic carbocycles. The molecule has 1 fully saturated rings. The second kappa shape index (κ2) is 9.80. The number of nitrogens with zero attached hydrogens (tertiary/aromatic N) is 3. The third-order valence-electron chi connectivity index (χ3n) is 6.90. The zero-order valence-corrected chi connectivity index (χ0v) is 19.5. The number of anilines is 1. The average molecular weight is 428 g/mol. The molecule has 0 radical (unpaired) electrons. The van der Waals surface area contributed by atoms with Crippen LogP contribution in [0.25, 0.3) is 11.3 Å². The van der Waals surface area contributed by atoms with Gasteiger partial charge >= 0.3 is 0 Å². The van der Waals surface area contributed by atoms with Crippen LogP contribution in [0.15, 0.2) is 23.6 Å². The Morgan fingerprint density at radius 1 is 1.07 bits per heavy atom. The minimum absolute atomic E-state index is 0.258. The van der Waals surface area contributed by atoms with Gasteiger partial charge in [-0.1, -0.05) is 32.4 Å².